The van der Waals surface area contributed by atoms with E-state index in [0.29, 0.717) is 10.6 Å². The van der Waals surface area contributed by atoms with E-state index >= 15 is 0 Å². The summed E-state index contributed by atoms with van der Waals surface area (Å²) in [5, 5.41) is 13.7. The number of halogens is 1. The van der Waals surface area contributed by atoms with Gasteiger partial charge in [-0.1, -0.05) is 29.8 Å². The number of nitrogens with one attached hydrogen (secondary N) is 1. The zero-order valence-corrected chi connectivity index (χ0v) is 12.6. The summed E-state index contributed by atoms with van der Waals surface area (Å²) in [6.45, 7) is 0. The lowest BCUT2D eigenvalue weighted by molar-refractivity contribution is -0.497. The smallest absolute Gasteiger partial charge is 0.307 e. The van der Waals surface area contributed by atoms with Gasteiger partial charge in [-0.05, 0) is 11.6 Å². The molecule has 2 rings (SSSR count). The van der Waals surface area contributed by atoms with Crippen LogP contribution >= 0.6 is 11.6 Å². The minimum absolute atomic E-state index is 0.0954. The van der Waals surface area contributed by atoms with Crippen molar-refractivity contribution < 1.29 is 19.2 Å². The van der Waals surface area contributed by atoms with E-state index in [1.165, 1.54) is 7.11 Å². The molecule has 22 heavy (non-hydrogen) atoms. The van der Waals surface area contributed by atoms with Gasteiger partial charge in [0.2, 0.25) is 11.9 Å². The Labute approximate surface area is 131 Å². The van der Waals surface area contributed by atoms with Crippen LogP contribution in [-0.4, -0.2) is 30.0 Å². The summed E-state index contributed by atoms with van der Waals surface area (Å²) in [5.41, 5.74) is 0.571. The maximum absolute atomic E-state index is 12.1. The molecule has 1 fully saturated rings. The first kappa shape index (κ1) is 16.2. The Morgan fingerprint density at radius 2 is 2.18 bits per heavy atom. The molecule has 1 amide bonds. The van der Waals surface area contributed by atoms with E-state index in [1.807, 2.05) is 0 Å². The number of esters is 1. The third kappa shape index (κ3) is 3.73. The summed E-state index contributed by atoms with van der Waals surface area (Å²) >= 11 is 6.09. The zero-order valence-electron chi connectivity index (χ0n) is 11.8. The number of carbonyl (C=O) groups excluding carboxylic acids is 2. The molecule has 1 saturated carbocycles. The molecular formula is C14H15ClN2O5. The van der Waals surface area contributed by atoms with Crippen molar-refractivity contribution in [3.05, 3.63) is 45.0 Å². The predicted molar refractivity (Wildman–Crippen MR) is 77.9 cm³/mol. The second-order valence-electron chi connectivity index (χ2n) is 5.06. The van der Waals surface area contributed by atoms with Gasteiger partial charge in [0, 0.05) is 16.4 Å². The molecule has 0 radical (unpaired) electrons. The van der Waals surface area contributed by atoms with Gasteiger partial charge < -0.3 is 10.1 Å². The number of hydrogen-bond donors (Lipinski definition) is 1. The van der Waals surface area contributed by atoms with Crippen LogP contribution in [0.3, 0.4) is 0 Å². The average Bonchev–Trinajstić information content (AvgIpc) is 3.27. The predicted octanol–water partition coefficient (Wildman–Crippen LogP) is 1.73. The van der Waals surface area contributed by atoms with Crippen LogP contribution in [0.25, 0.3) is 0 Å². The van der Waals surface area contributed by atoms with Crippen LogP contribution < -0.4 is 5.32 Å². The maximum atomic E-state index is 12.1. The Kier molecular flexibility index (Phi) is 4.97. The van der Waals surface area contributed by atoms with E-state index in [4.69, 9.17) is 11.6 Å². The molecule has 0 unspecified atom stereocenters. The van der Waals surface area contributed by atoms with Gasteiger partial charge in [-0.3, -0.25) is 19.7 Å². The molecule has 0 aliphatic heterocycles. The van der Waals surface area contributed by atoms with Crippen molar-refractivity contribution in [3.8, 4) is 0 Å². The number of nitrogens with zero attached hydrogens (tertiary/aromatic N) is 1. The first-order valence-electron chi connectivity index (χ1n) is 6.69. The molecule has 7 nitrogen and oxygen atoms in total. The highest BCUT2D eigenvalue weighted by molar-refractivity contribution is 6.31. The van der Waals surface area contributed by atoms with E-state index in [1.54, 1.807) is 24.3 Å². The van der Waals surface area contributed by atoms with Crippen LogP contribution in [-0.2, 0) is 14.3 Å². The van der Waals surface area contributed by atoms with Gasteiger partial charge in [-0.15, -0.1) is 0 Å². The van der Waals surface area contributed by atoms with Crippen molar-refractivity contribution in [1.82, 2.24) is 5.32 Å². The highest BCUT2D eigenvalue weighted by atomic mass is 35.5. The van der Waals surface area contributed by atoms with Crippen molar-refractivity contribution >= 4 is 23.5 Å². The van der Waals surface area contributed by atoms with E-state index in [-0.39, 0.29) is 12.8 Å². The normalized spacial score (nSPS) is 20.8. The first-order valence-corrected chi connectivity index (χ1v) is 7.07. The van der Waals surface area contributed by atoms with Gasteiger partial charge in [0.15, 0.2) is 0 Å². The Morgan fingerprint density at radius 1 is 1.50 bits per heavy atom. The minimum Gasteiger partial charge on any atom is -0.469 e. The Balaban J connectivity index is 2.12. The van der Waals surface area contributed by atoms with Crippen molar-refractivity contribution in [2.24, 2.45) is 5.92 Å². The lowest BCUT2D eigenvalue weighted by Gasteiger charge is -2.19. The fourth-order valence-corrected chi connectivity index (χ4v) is 2.49. The Hall–Kier alpha value is -2.15. The van der Waals surface area contributed by atoms with Gasteiger partial charge in [0.05, 0.1) is 19.6 Å². The highest BCUT2D eigenvalue weighted by Crippen LogP contribution is 2.34. The summed E-state index contributed by atoms with van der Waals surface area (Å²) in [5.74, 6) is -1.61. The number of benzene rings is 1. The summed E-state index contributed by atoms with van der Waals surface area (Å²) in [4.78, 5) is 33.8. The molecule has 0 bridgehead atoms. The second-order valence-corrected chi connectivity index (χ2v) is 5.47. The molecule has 1 aliphatic rings. The van der Waals surface area contributed by atoms with Gasteiger partial charge in [-0.25, -0.2) is 0 Å². The molecule has 3 atom stereocenters. The number of nitro groups is 1. The van der Waals surface area contributed by atoms with Crippen LogP contribution in [0.4, 0.5) is 0 Å². The first-order chi connectivity index (χ1) is 10.4. The molecule has 118 valence electrons. The van der Waals surface area contributed by atoms with Crippen molar-refractivity contribution in [2.45, 2.75) is 24.9 Å². The molecule has 1 aromatic carbocycles. The van der Waals surface area contributed by atoms with Crippen molar-refractivity contribution in [1.29, 1.82) is 0 Å². The van der Waals surface area contributed by atoms with Crippen LogP contribution in [0.15, 0.2) is 24.3 Å². The standard InChI is InChI=1S/C14H15ClN2O5/c1-22-13(18)7-11(8-4-2-3-5-10(8)15)16-14(19)9-6-12(9)17(20)21/h2-5,9,11-12H,6-7H2,1H3,(H,16,19)/t9-,11-,12-/m0/s1. The maximum Gasteiger partial charge on any atom is 0.307 e. The minimum atomic E-state index is -0.843. The Bertz CT molecular complexity index is 607. The number of amides is 1. The highest BCUT2D eigenvalue weighted by Gasteiger charge is 2.53. The topological polar surface area (TPSA) is 98.5 Å². The average molecular weight is 327 g/mol. The van der Waals surface area contributed by atoms with Gasteiger partial charge in [-0.2, -0.15) is 0 Å². The summed E-state index contributed by atoms with van der Waals surface area (Å²) in [6.07, 6.45) is 0.119. The number of hydrogen-bond acceptors (Lipinski definition) is 5. The molecule has 0 spiro atoms. The molecule has 0 aromatic heterocycles. The summed E-state index contributed by atoms with van der Waals surface area (Å²) in [7, 11) is 1.25. The molecule has 8 heteroatoms. The van der Waals surface area contributed by atoms with Crippen molar-refractivity contribution in [3.63, 3.8) is 0 Å². The zero-order chi connectivity index (χ0) is 16.3. The third-order valence-electron chi connectivity index (χ3n) is 3.56. The molecule has 1 aromatic rings. The van der Waals surface area contributed by atoms with E-state index in [0.717, 1.165) is 0 Å². The van der Waals surface area contributed by atoms with E-state index in [9.17, 15) is 19.7 Å². The SMILES string of the molecule is COC(=O)C[C@H](NC(=O)[C@H]1C[C@@H]1[N+](=O)[O-])c1ccccc1Cl. The Morgan fingerprint density at radius 3 is 2.73 bits per heavy atom. The lowest BCUT2D eigenvalue weighted by atomic mass is 10.0. The number of methoxy groups -OCH3 is 1. The van der Waals surface area contributed by atoms with Crippen molar-refractivity contribution in [2.75, 3.05) is 7.11 Å². The molecule has 0 saturated heterocycles. The largest absolute Gasteiger partial charge is 0.469 e. The van der Waals surface area contributed by atoms with Gasteiger partial charge >= 0.3 is 5.97 Å². The fourth-order valence-electron chi connectivity index (χ4n) is 2.22. The molecule has 1 N–H and O–H groups in total. The summed E-state index contributed by atoms with van der Waals surface area (Å²) < 4.78 is 4.62. The third-order valence-corrected chi connectivity index (χ3v) is 3.90. The van der Waals surface area contributed by atoms with Crippen LogP contribution in [0, 0.1) is 16.0 Å². The lowest BCUT2D eigenvalue weighted by Crippen LogP contribution is -2.33. The van der Waals surface area contributed by atoms with E-state index < -0.39 is 34.8 Å². The monoisotopic (exact) mass is 326 g/mol. The summed E-state index contributed by atoms with van der Waals surface area (Å²) in [6, 6.07) is 5.27. The number of ether oxygens (including phenoxy) is 1. The molecule has 1 aliphatic carbocycles. The van der Waals surface area contributed by atoms with Crippen LogP contribution in [0.5, 0.6) is 0 Å². The van der Waals surface area contributed by atoms with Crippen LogP contribution in [0.1, 0.15) is 24.4 Å². The van der Waals surface area contributed by atoms with Gasteiger partial charge in [0.1, 0.15) is 5.92 Å². The fraction of sp³-hybridized carbons (Fsp3) is 0.429. The molecule has 0 heterocycles. The quantitative estimate of drug-likeness (QED) is 0.487. The number of rotatable bonds is 6. The van der Waals surface area contributed by atoms with Gasteiger partial charge in [0.25, 0.3) is 0 Å². The molecular weight excluding hydrogens is 312 g/mol. The second kappa shape index (κ2) is 6.74. The van der Waals surface area contributed by atoms with E-state index in [2.05, 4.69) is 10.1 Å². The number of carbonyl (C=O) groups is 2. The van der Waals surface area contributed by atoms with Crippen LogP contribution in [0.2, 0.25) is 5.02 Å².